The lowest BCUT2D eigenvalue weighted by Crippen LogP contribution is -1.94. The second-order valence-electron chi connectivity index (χ2n) is 3.10. The average molecular weight is 226 g/mol. The topological polar surface area (TPSA) is 30.0 Å². The lowest BCUT2D eigenvalue weighted by Gasteiger charge is -1.87. The number of nitrogens with zero attached hydrogens (tertiary/aromatic N) is 1. The number of carbonyl (C=O) groups excluding carboxylic acids is 1. The predicted octanol–water partition coefficient (Wildman–Crippen LogP) is 3.08. The van der Waals surface area contributed by atoms with E-state index < -0.39 is 0 Å². The van der Waals surface area contributed by atoms with Gasteiger partial charge in [0.15, 0.2) is 0 Å². The first-order chi connectivity index (χ1) is 6.65. The molecule has 2 nitrogen and oxygen atoms in total. The molecule has 2 aromatic rings. The summed E-state index contributed by atoms with van der Waals surface area (Å²) < 4.78 is 1.07. The molecular formula is C10H8ClNOS. The summed E-state index contributed by atoms with van der Waals surface area (Å²) in [6.07, 6.45) is 0.414. The first-order valence-electron chi connectivity index (χ1n) is 4.19. The lowest BCUT2D eigenvalue weighted by atomic mass is 10.3. The highest BCUT2D eigenvalue weighted by atomic mass is 35.5. The summed E-state index contributed by atoms with van der Waals surface area (Å²) in [4.78, 5) is 15.2. The van der Waals surface area contributed by atoms with Gasteiger partial charge in [-0.2, -0.15) is 0 Å². The molecule has 0 saturated heterocycles. The van der Waals surface area contributed by atoms with Crippen molar-refractivity contribution in [1.82, 2.24) is 4.98 Å². The zero-order valence-corrected chi connectivity index (χ0v) is 9.15. The molecule has 0 saturated carbocycles. The van der Waals surface area contributed by atoms with Crippen molar-refractivity contribution < 1.29 is 4.79 Å². The van der Waals surface area contributed by atoms with Crippen LogP contribution in [0.4, 0.5) is 0 Å². The number of carbonyl (C=O) groups is 1. The third-order valence-corrected chi connectivity index (χ3v) is 3.07. The highest BCUT2D eigenvalue weighted by molar-refractivity contribution is 7.18. The average Bonchev–Trinajstić information content (AvgIpc) is 2.44. The second-order valence-corrected chi connectivity index (χ2v) is 4.65. The summed E-state index contributed by atoms with van der Waals surface area (Å²) in [7, 11) is 0. The van der Waals surface area contributed by atoms with E-state index in [9.17, 15) is 4.79 Å². The molecule has 2 rings (SSSR count). The normalized spacial score (nSPS) is 10.7. The van der Waals surface area contributed by atoms with Crippen LogP contribution in [0.25, 0.3) is 10.2 Å². The van der Waals surface area contributed by atoms with E-state index in [4.69, 9.17) is 11.6 Å². The third kappa shape index (κ3) is 1.94. The number of thiazole rings is 1. The first kappa shape index (κ1) is 9.62. The van der Waals surface area contributed by atoms with E-state index in [0.717, 1.165) is 15.2 Å². The molecular weight excluding hydrogens is 218 g/mol. The minimum Gasteiger partial charge on any atom is -0.300 e. The summed E-state index contributed by atoms with van der Waals surface area (Å²) >= 11 is 7.38. The molecule has 1 heterocycles. The minimum atomic E-state index is 0.134. The van der Waals surface area contributed by atoms with Gasteiger partial charge in [0.05, 0.1) is 16.6 Å². The standard InChI is InChI=1S/C10H8ClNOS/c1-6(13)4-10-12-8-5-7(11)2-3-9(8)14-10/h2-3,5H,4H2,1H3. The van der Waals surface area contributed by atoms with Gasteiger partial charge in [0.25, 0.3) is 0 Å². The van der Waals surface area contributed by atoms with Gasteiger partial charge in [-0.25, -0.2) is 4.98 Å². The van der Waals surface area contributed by atoms with Gasteiger partial charge in [-0.3, -0.25) is 4.79 Å². The molecule has 0 aliphatic heterocycles. The Bertz CT molecular complexity index is 492. The Morgan fingerprint density at radius 2 is 2.36 bits per heavy atom. The van der Waals surface area contributed by atoms with Crippen molar-refractivity contribution in [2.24, 2.45) is 0 Å². The van der Waals surface area contributed by atoms with E-state index in [1.54, 1.807) is 18.3 Å². The molecule has 1 aromatic heterocycles. The fraction of sp³-hybridized carbons (Fsp3) is 0.200. The monoisotopic (exact) mass is 225 g/mol. The highest BCUT2D eigenvalue weighted by Gasteiger charge is 2.05. The molecule has 0 radical (unpaired) electrons. The number of fused-ring (bicyclic) bond motifs is 1. The SMILES string of the molecule is CC(=O)Cc1nc2cc(Cl)ccc2s1. The fourth-order valence-corrected chi connectivity index (χ4v) is 2.42. The summed E-state index contributed by atoms with van der Waals surface area (Å²) in [5.74, 6) is 0.134. The van der Waals surface area contributed by atoms with Gasteiger partial charge in [-0.05, 0) is 25.1 Å². The Balaban J connectivity index is 2.46. The van der Waals surface area contributed by atoms with E-state index in [0.29, 0.717) is 11.4 Å². The Hall–Kier alpha value is -0.930. The lowest BCUT2D eigenvalue weighted by molar-refractivity contribution is -0.116. The summed E-state index contributed by atoms with van der Waals surface area (Å²) in [6.45, 7) is 1.57. The fourth-order valence-electron chi connectivity index (χ4n) is 1.24. The molecule has 0 aliphatic carbocycles. The van der Waals surface area contributed by atoms with E-state index in [2.05, 4.69) is 4.98 Å². The first-order valence-corrected chi connectivity index (χ1v) is 5.39. The van der Waals surface area contributed by atoms with Crippen LogP contribution in [-0.2, 0) is 11.2 Å². The number of Topliss-reactive ketones (excluding diaryl/α,β-unsaturated/α-hetero) is 1. The Kier molecular flexibility index (Phi) is 2.52. The number of benzene rings is 1. The summed E-state index contributed by atoms with van der Waals surface area (Å²) in [6, 6.07) is 5.58. The van der Waals surface area contributed by atoms with Crippen LogP contribution in [0.5, 0.6) is 0 Å². The van der Waals surface area contributed by atoms with Crippen molar-refractivity contribution >= 4 is 38.9 Å². The molecule has 0 amide bonds. The van der Waals surface area contributed by atoms with Crippen molar-refractivity contribution in [3.63, 3.8) is 0 Å². The second kappa shape index (κ2) is 3.67. The maximum Gasteiger partial charge on any atom is 0.136 e. The van der Waals surface area contributed by atoms with Crippen molar-refractivity contribution in [3.8, 4) is 0 Å². The molecule has 4 heteroatoms. The van der Waals surface area contributed by atoms with E-state index in [1.807, 2.05) is 18.2 Å². The van der Waals surface area contributed by atoms with Crippen LogP contribution in [0, 0.1) is 0 Å². The van der Waals surface area contributed by atoms with Crippen LogP contribution >= 0.6 is 22.9 Å². The van der Waals surface area contributed by atoms with Crippen molar-refractivity contribution in [2.75, 3.05) is 0 Å². The molecule has 0 N–H and O–H groups in total. The van der Waals surface area contributed by atoms with Crippen LogP contribution in [-0.4, -0.2) is 10.8 Å². The van der Waals surface area contributed by atoms with E-state index in [1.165, 1.54) is 0 Å². The number of rotatable bonds is 2. The smallest absolute Gasteiger partial charge is 0.136 e. The van der Waals surface area contributed by atoms with Crippen LogP contribution in [0.15, 0.2) is 18.2 Å². The maximum absolute atomic E-state index is 10.9. The molecule has 0 unspecified atom stereocenters. The molecule has 14 heavy (non-hydrogen) atoms. The highest BCUT2D eigenvalue weighted by Crippen LogP contribution is 2.25. The van der Waals surface area contributed by atoms with Crippen LogP contribution in [0.1, 0.15) is 11.9 Å². The summed E-state index contributed by atoms with van der Waals surface area (Å²) in [5, 5.41) is 1.53. The molecule has 0 atom stereocenters. The molecule has 1 aromatic carbocycles. The number of halogens is 1. The van der Waals surface area contributed by atoms with Gasteiger partial charge in [0, 0.05) is 5.02 Å². The molecule has 72 valence electrons. The van der Waals surface area contributed by atoms with Gasteiger partial charge < -0.3 is 0 Å². The number of aromatic nitrogens is 1. The molecule has 0 fully saturated rings. The van der Waals surface area contributed by atoms with E-state index in [-0.39, 0.29) is 5.78 Å². The Morgan fingerprint density at radius 3 is 3.07 bits per heavy atom. The van der Waals surface area contributed by atoms with Crippen molar-refractivity contribution in [1.29, 1.82) is 0 Å². The zero-order valence-electron chi connectivity index (χ0n) is 7.58. The van der Waals surface area contributed by atoms with Gasteiger partial charge in [-0.15, -0.1) is 11.3 Å². The number of hydrogen-bond donors (Lipinski definition) is 0. The van der Waals surface area contributed by atoms with Gasteiger partial charge in [0.1, 0.15) is 10.8 Å². The van der Waals surface area contributed by atoms with Crippen LogP contribution < -0.4 is 0 Å². The Labute approximate surface area is 90.5 Å². The number of ketones is 1. The largest absolute Gasteiger partial charge is 0.300 e. The maximum atomic E-state index is 10.9. The quantitative estimate of drug-likeness (QED) is 0.786. The van der Waals surface area contributed by atoms with Gasteiger partial charge >= 0.3 is 0 Å². The van der Waals surface area contributed by atoms with Crippen molar-refractivity contribution in [3.05, 3.63) is 28.2 Å². The van der Waals surface area contributed by atoms with Gasteiger partial charge in [0.2, 0.25) is 0 Å². The number of hydrogen-bond acceptors (Lipinski definition) is 3. The minimum absolute atomic E-state index is 0.134. The molecule has 0 bridgehead atoms. The summed E-state index contributed by atoms with van der Waals surface area (Å²) in [5.41, 5.74) is 0.874. The Morgan fingerprint density at radius 1 is 1.57 bits per heavy atom. The third-order valence-electron chi connectivity index (χ3n) is 1.79. The molecule has 0 aliphatic rings. The van der Waals surface area contributed by atoms with Crippen molar-refractivity contribution in [2.45, 2.75) is 13.3 Å². The van der Waals surface area contributed by atoms with Gasteiger partial charge in [-0.1, -0.05) is 11.6 Å². The van der Waals surface area contributed by atoms with Crippen LogP contribution in [0.2, 0.25) is 5.02 Å². The predicted molar refractivity (Wildman–Crippen MR) is 59.0 cm³/mol. The molecule has 0 spiro atoms. The zero-order chi connectivity index (χ0) is 10.1. The van der Waals surface area contributed by atoms with E-state index >= 15 is 0 Å². The van der Waals surface area contributed by atoms with Crippen LogP contribution in [0.3, 0.4) is 0 Å².